The number of phenolic OH excluding ortho intramolecular Hbond substituents is 2. The highest BCUT2D eigenvalue weighted by Gasteiger charge is 2.26. The fraction of sp³-hybridized carbons (Fsp3) is 0.533. The first-order chi connectivity index (χ1) is 10.3. The summed E-state index contributed by atoms with van der Waals surface area (Å²) in [5, 5.41) is 29.9. The first-order valence-corrected chi connectivity index (χ1v) is 7.25. The summed E-state index contributed by atoms with van der Waals surface area (Å²) in [5.41, 5.74) is -0.277. The van der Waals surface area contributed by atoms with Crippen molar-refractivity contribution in [3.63, 3.8) is 0 Å². The molecule has 1 heterocycles. The Bertz CT molecular complexity index is 598. The zero-order valence-corrected chi connectivity index (χ0v) is 13.9. The van der Waals surface area contributed by atoms with Crippen molar-refractivity contribution in [2.75, 3.05) is 13.1 Å². The van der Waals surface area contributed by atoms with Crippen LogP contribution in [-0.4, -0.2) is 39.0 Å². The molecule has 0 aromatic heterocycles. The van der Waals surface area contributed by atoms with Crippen LogP contribution in [0.15, 0.2) is 12.1 Å². The molecule has 0 spiro atoms. The molecule has 1 aliphatic heterocycles. The number of piperidine rings is 1. The van der Waals surface area contributed by atoms with Gasteiger partial charge in [0.05, 0.1) is 11.3 Å². The first-order valence-electron chi connectivity index (χ1n) is 7.25. The maximum absolute atomic E-state index is 12.3. The second-order valence-corrected chi connectivity index (χ2v) is 6.16. The predicted octanol–water partition coefficient (Wildman–Crippen LogP) is 2.47. The maximum Gasteiger partial charge on any atom is 0.314 e. The van der Waals surface area contributed by atoms with Crippen LogP contribution in [0.5, 0.6) is 11.5 Å². The van der Waals surface area contributed by atoms with Gasteiger partial charge in [-0.3, -0.25) is 14.9 Å². The Balaban J connectivity index is 0.00000264. The monoisotopic (exact) mass is 344 g/mol. The molecule has 8 heteroatoms. The molecule has 0 aliphatic carbocycles. The average Bonchev–Trinajstić information content (AvgIpc) is 2.41. The minimum Gasteiger partial charge on any atom is -0.504 e. The third-order valence-electron chi connectivity index (χ3n) is 3.90. The van der Waals surface area contributed by atoms with E-state index >= 15 is 0 Å². The molecule has 23 heavy (non-hydrogen) atoms. The lowest BCUT2D eigenvalue weighted by atomic mass is 9.91. The number of hydrogen-bond donors (Lipinski definition) is 2. The van der Waals surface area contributed by atoms with Crippen LogP contribution in [0.25, 0.3) is 0 Å². The van der Waals surface area contributed by atoms with E-state index < -0.39 is 22.1 Å². The summed E-state index contributed by atoms with van der Waals surface area (Å²) in [7, 11) is 0. The lowest BCUT2D eigenvalue weighted by Gasteiger charge is -2.35. The number of carbonyl (C=O) groups excluding carboxylic acids is 1. The third-order valence-corrected chi connectivity index (χ3v) is 3.90. The summed E-state index contributed by atoms with van der Waals surface area (Å²) in [5.74, 6) is -0.637. The Morgan fingerprint density at radius 1 is 1.30 bits per heavy atom. The van der Waals surface area contributed by atoms with Crippen LogP contribution in [0.2, 0.25) is 0 Å². The lowest BCUT2D eigenvalue weighted by molar-refractivity contribution is -0.386. The van der Waals surface area contributed by atoms with E-state index in [-0.39, 0.29) is 24.7 Å². The quantitative estimate of drug-likeness (QED) is 0.498. The summed E-state index contributed by atoms with van der Waals surface area (Å²) >= 11 is 0. The fourth-order valence-corrected chi connectivity index (χ4v) is 3.06. The van der Waals surface area contributed by atoms with Crippen LogP contribution in [0, 0.1) is 22.0 Å². The number of carbonyl (C=O) groups is 1. The van der Waals surface area contributed by atoms with Crippen molar-refractivity contribution in [3.8, 4) is 11.5 Å². The molecule has 1 fully saturated rings. The largest absolute Gasteiger partial charge is 0.504 e. The molecule has 7 nitrogen and oxygen atoms in total. The Labute approximate surface area is 140 Å². The standard InChI is InChI=1S/C15H20N2O5.ClH/c1-9-3-10(2)8-16(7-9)14(19)6-11-4-12(17(21)22)15(20)13(18)5-11;/h4-5,9-10,18,20H,3,6-8H2,1-2H3;1H. The highest BCUT2D eigenvalue weighted by Crippen LogP contribution is 2.36. The van der Waals surface area contributed by atoms with E-state index in [1.165, 1.54) is 6.07 Å². The van der Waals surface area contributed by atoms with Gasteiger partial charge in [0.1, 0.15) is 0 Å². The molecule has 0 saturated carbocycles. The van der Waals surface area contributed by atoms with Crippen LogP contribution in [0.1, 0.15) is 25.8 Å². The Morgan fingerprint density at radius 2 is 1.87 bits per heavy atom. The smallest absolute Gasteiger partial charge is 0.314 e. The number of hydrogen-bond acceptors (Lipinski definition) is 5. The molecule has 128 valence electrons. The second-order valence-electron chi connectivity index (χ2n) is 6.16. The summed E-state index contributed by atoms with van der Waals surface area (Å²) in [6, 6.07) is 2.32. The van der Waals surface area contributed by atoms with Gasteiger partial charge in [0.2, 0.25) is 11.7 Å². The number of phenols is 2. The van der Waals surface area contributed by atoms with Gasteiger partial charge in [0.25, 0.3) is 0 Å². The number of rotatable bonds is 3. The van der Waals surface area contributed by atoms with Gasteiger partial charge in [-0.1, -0.05) is 13.8 Å². The highest BCUT2D eigenvalue weighted by molar-refractivity contribution is 5.85. The number of aromatic hydroxyl groups is 2. The summed E-state index contributed by atoms with van der Waals surface area (Å²) in [4.78, 5) is 24.2. The molecule has 1 aromatic rings. The van der Waals surface area contributed by atoms with E-state index in [0.717, 1.165) is 12.5 Å². The minimum atomic E-state index is -0.784. The molecular formula is C15H21ClN2O5. The Hall–Kier alpha value is -2.02. The lowest BCUT2D eigenvalue weighted by Crippen LogP contribution is -2.43. The van der Waals surface area contributed by atoms with Crippen LogP contribution in [0.3, 0.4) is 0 Å². The number of benzene rings is 1. The number of nitro groups is 1. The molecule has 2 atom stereocenters. The minimum absolute atomic E-state index is 0. The second kappa shape index (κ2) is 7.50. The zero-order valence-electron chi connectivity index (χ0n) is 13.1. The van der Waals surface area contributed by atoms with Crippen LogP contribution < -0.4 is 0 Å². The van der Waals surface area contributed by atoms with Crippen molar-refractivity contribution in [1.29, 1.82) is 0 Å². The third kappa shape index (κ3) is 4.48. The van der Waals surface area contributed by atoms with Gasteiger partial charge in [-0.2, -0.15) is 0 Å². The Morgan fingerprint density at radius 3 is 2.39 bits per heavy atom. The molecule has 0 radical (unpaired) electrons. The van der Waals surface area contributed by atoms with Crippen LogP contribution in [0.4, 0.5) is 5.69 Å². The molecular weight excluding hydrogens is 324 g/mol. The number of nitrogens with zero attached hydrogens (tertiary/aromatic N) is 2. The molecule has 1 aromatic carbocycles. The van der Waals surface area contributed by atoms with Crippen molar-refractivity contribution >= 4 is 24.0 Å². The van der Waals surface area contributed by atoms with Crippen molar-refractivity contribution < 1.29 is 19.9 Å². The fourth-order valence-electron chi connectivity index (χ4n) is 3.06. The summed E-state index contributed by atoms with van der Waals surface area (Å²) in [6.07, 6.45) is 1.05. The van der Waals surface area contributed by atoms with E-state index in [1.807, 2.05) is 0 Å². The van der Waals surface area contributed by atoms with Crippen molar-refractivity contribution in [2.24, 2.45) is 11.8 Å². The number of halogens is 1. The van der Waals surface area contributed by atoms with Gasteiger partial charge in [0, 0.05) is 19.2 Å². The van der Waals surface area contributed by atoms with E-state index in [2.05, 4.69) is 13.8 Å². The molecule has 1 aliphatic rings. The summed E-state index contributed by atoms with van der Waals surface area (Å²) < 4.78 is 0. The predicted molar refractivity (Wildman–Crippen MR) is 86.9 cm³/mol. The molecule has 2 N–H and O–H groups in total. The van der Waals surface area contributed by atoms with Gasteiger partial charge < -0.3 is 15.1 Å². The SMILES string of the molecule is CC1CC(C)CN(C(=O)Cc2cc(O)c(O)c([N+](=O)[O-])c2)C1.Cl. The molecule has 1 saturated heterocycles. The number of likely N-dealkylation sites (tertiary alicyclic amines) is 1. The summed E-state index contributed by atoms with van der Waals surface area (Å²) in [6.45, 7) is 5.53. The number of nitro benzene ring substituents is 1. The highest BCUT2D eigenvalue weighted by atomic mass is 35.5. The zero-order chi connectivity index (χ0) is 16.4. The molecule has 2 unspecified atom stereocenters. The number of amides is 1. The van der Waals surface area contributed by atoms with Gasteiger partial charge in [-0.15, -0.1) is 12.4 Å². The van der Waals surface area contributed by atoms with Crippen molar-refractivity contribution in [2.45, 2.75) is 26.7 Å². The van der Waals surface area contributed by atoms with Crippen LogP contribution >= 0.6 is 12.4 Å². The molecule has 1 amide bonds. The first kappa shape index (κ1) is 19.0. The van der Waals surface area contributed by atoms with Gasteiger partial charge in [-0.25, -0.2) is 0 Å². The van der Waals surface area contributed by atoms with Gasteiger partial charge in [0.15, 0.2) is 5.75 Å². The normalized spacial score (nSPS) is 20.7. The van der Waals surface area contributed by atoms with E-state index in [4.69, 9.17) is 0 Å². The van der Waals surface area contributed by atoms with Crippen LogP contribution in [-0.2, 0) is 11.2 Å². The molecule has 0 bridgehead atoms. The van der Waals surface area contributed by atoms with Crippen molar-refractivity contribution in [1.82, 2.24) is 4.90 Å². The average molecular weight is 345 g/mol. The van der Waals surface area contributed by atoms with E-state index in [9.17, 15) is 25.1 Å². The molecule has 2 rings (SSSR count). The topological polar surface area (TPSA) is 104 Å². The van der Waals surface area contributed by atoms with Crippen molar-refractivity contribution in [3.05, 3.63) is 27.8 Å². The van der Waals surface area contributed by atoms with E-state index in [1.54, 1.807) is 4.90 Å². The van der Waals surface area contributed by atoms with E-state index in [0.29, 0.717) is 30.5 Å². The Kier molecular flexibility index (Phi) is 6.20. The maximum atomic E-state index is 12.3. The van der Waals surface area contributed by atoms with Gasteiger partial charge in [-0.05, 0) is 29.9 Å². The van der Waals surface area contributed by atoms with Gasteiger partial charge >= 0.3 is 5.69 Å².